The summed E-state index contributed by atoms with van der Waals surface area (Å²) in [6.45, 7) is 5.27. The van der Waals surface area contributed by atoms with Gasteiger partial charge in [0, 0.05) is 63.5 Å². The first-order valence-electron chi connectivity index (χ1n) is 11.2. The number of hydrogen-bond acceptors (Lipinski definition) is 8. The molecule has 2 fully saturated rings. The Bertz CT molecular complexity index is 1140. The lowest BCUT2D eigenvalue weighted by molar-refractivity contribution is 0.208. The van der Waals surface area contributed by atoms with E-state index in [2.05, 4.69) is 41.8 Å². The Labute approximate surface area is 187 Å². The Morgan fingerprint density at radius 2 is 1.72 bits per heavy atom. The minimum Gasteiger partial charge on any atom is -0.396 e. The van der Waals surface area contributed by atoms with Crippen LogP contribution in [0.2, 0.25) is 0 Å². The Morgan fingerprint density at radius 3 is 2.50 bits per heavy atom. The van der Waals surface area contributed by atoms with Crippen molar-refractivity contribution in [3.8, 4) is 6.07 Å². The van der Waals surface area contributed by atoms with Crippen molar-refractivity contribution < 1.29 is 5.11 Å². The van der Waals surface area contributed by atoms with Gasteiger partial charge < -0.3 is 19.8 Å². The molecule has 2 aliphatic rings. The van der Waals surface area contributed by atoms with Crippen LogP contribution < -0.4 is 14.7 Å². The molecule has 4 heterocycles. The van der Waals surface area contributed by atoms with Crippen molar-refractivity contribution in [3.05, 3.63) is 48.4 Å². The van der Waals surface area contributed by atoms with E-state index in [1.54, 1.807) is 12.5 Å². The molecule has 0 aliphatic carbocycles. The van der Waals surface area contributed by atoms with Crippen LogP contribution >= 0.6 is 0 Å². The first-order chi connectivity index (χ1) is 15.8. The first kappa shape index (κ1) is 20.5. The summed E-state index contributed by atoms with van der Waals surface area (Å²) >= 11 is 0. The third-order valence-corrected chi connectivity index (χ3v) is 6.53. The molecule has 0 spiro atoms. The number of nitrogens with zero attached hydrogens (tertiary/aromatic N) is 7. The molecule has 1 N–H and O–H groups in total. The molecule has 8 heteroatoms. The van der Waals surface area contributed by atoms with Crippen LogP contribution in [0, 0.1) is 17.2 Å². The highest BCUT2D eigenvalue weighted by atomic mass is 16.3. The number of fused-ring (bicyclic) bond motifs is 1. The lowest BCUT2D eigenvalue weighted by atomic mass is 9.99. The third kappa shape index (κ3) is 3.92. The predicted octanol–water partition coefficient (Wildman–Crippen LogP) is 2.43. The fourth-order valence-electron chi connectivity index (χ4n) is 4.81. The van der Waals surface area contributed by atoms with Crippen LogP contribution in [0.5, 0.6) is 0 Å². The molecule has 5 rings (SSSR count). The zero-order chi connectivity index (χ0) is 21.9. The van der Waals surface area contributed by atoms with Gasteiger partial charge >= 0.3 is 0 Å². The number of pyridine rings is 1. The molecular weight excluding hydrogens is 402 g/mol. The number of piperidine rings is 1. The van der Waals surface area contributed by atoms with Crippen molar-refractivity contribution >= 4 is 28.2 Å². The highest BCUT2D eigenvalue weighted by Crippen LogP contribution is 2.31. The molecule has 2 saturated heterocycles. The van der Waals surface area contributed by atoms with Crippen molar-refractivity contribution in [1.82, 2.24) is 15.0 Å². The lowest BCUT2D eigenvalue weighted by Gasteiger charge is -2.38. The largest absolute Gasteiger partial charge is 0.396 e. The van der Waals surface area contributed by atoms with E-state index in [9.17, 15) is 10.4 Å². The average molecular weight is 430 g/mol. The standard InChI is InChI=1S/C24H27N7O/c25-13-19-14-26-21-6-2-1-5-20(21)24(19)30-10-8-29(9-11-30)22-12-23(28-17-27-22)31-7-3-4-18(15-31)16-32/h1-2,5-6,12,14,17-18,32H,3-4,7-11,15-16H2. The number of nitriles is 1. The molecule has 1 aromatic carbocycles. The molecule has 2 aliphatic heterocycles. The van der Waals surface area contributed by atoms with Crippen molar-refractivity contribution in [1.29, 1.82) is 5.26 Å². The van der Waals surface area contributed by atoms with Gasteiger partial charge in [0.15, 0.2) is 0 Å². The number of benzene rings is 1. The van der Waals surface area contributed by atoms with Crippen LogP contribution in [0.15, 0.2) is 42.9 Å². The molecule has 8 nitrogen and oxygen atoms in total. The second-order valence-corrected chi connectivity index (χ2v) is 8.49. The molecule has 0 saturated carbocycles. The molecule has 1 unspecified atom stereocenters. The SMILES string of the molecule is N#Cc1cnc2ccccc2c1N1CCN(c2cc(N3CCCC(CO)C3)ncn2)CC1. The summed E-state index contributed by atoms with van der Waals surface area (Å²) < 4.78 is 0. The Hall–Kier alpha value is -3.44. The van der Waals surface area contributed by atoms with E-state index in [1.165, 1.54) is 0 Å². The third-order valence-electron chi connectivity index (χ3n) is 6.53. The Kier molecular flexibility index (Phi) is 5.73. The highest BCUT2D eigenvalue weighted by molar-refractivity contribution is 5.94. The number of aliphatic hydroxyl groups is 1. The van der Waals surface area contributed by atoms with Crippen molar-refractivity contribution in [3.63, 3.8) is 0 Å². The molecule has 0 radical (unpaired) electrons. The van der Waals surface area contributed by atoms with E-state index in [0.717, 1.165) is 80.3 Å². The molecule has 0 amide bonds. The molecule has 32 heavy (non-hydrogen) atoms. The average Bonchev–Trinajstić information content (AvgIpc) is 2.88. The van der Waals surface area contributed by atoms with E-state index in [0.29, 0.717) is 11.5 Å². The van der Waals surface area contributed by atoms with Gasteiger partial charge in [0.2, 0.25) is 0 Å². The van der Waals surface area contributed by atoms with Gasteiger partial charge in [-0.25, -0.2) is 9.97 Å². The number of rotatable bonds is 4. The molecular formula is C24H27N7O. The Morgan fingerprint density at radius 1 is 0.969 bits per heavy atom. The fourth-order valence-corrected chi connectivity index (χ4v) is 4.81. The van der Waals surface area contributed by atoms with Crippen LogP contribution in [0.4, 0.5) is 17.3 Å². The molecule has 3 aromatic rings. The normalized spacial score (nSPS) is 19.2. The minimum atomic E-state index is 0.227. The fraction of sp³-hybridized carbons (Fsp3) is 0.417. The second kappa shape index (κ2) is 8.97. The monoisotopic (exact) mass is 429 g/mol. The van der Waals surface area contributed by atoms with Gasteiger partial charge in [0.05, 0.1) is 16.8 Å². The van der Waals surface area contributed by atoms with Gasteiger partial charge in [0.1, 0.15) is 24.0 Å². The van der Waals surface area contributed by atoms with E-state index in [-0.39, 0.29) is 6.61 Å². The number of piperazine rings is 1. The lowest BCUT2D eigenvalue weighted by Crippen LogP contribution is -2.47. The Balaban J connectivity index is 1.33. The zero-order valence-corrected chi connectivity index (χ0v) is 18.1. The summed E-state index contributed by atoms with van der Waals surface area (Å²) in [6.07, 6.45) is 5.47. The molecule has 0 bridgehead atoms. The summed E-state index contributed by atoms with van der Waals surface area (Å²) in [5.41, 5.74) is 2.50. The molecule has 1 atom stereocenters. The zero-order valence-electron chi connectivity index (χ0n) is 18.1. The van der Waals surface area contributed by atoms with Crippen LogP contribution in [0.1, 0.15) is 18.4 Å². The van der Waals surface area contributed by atoms with Crippen molar-refractivity contribution in [2.75, 3.05) is 60.6 Å². The van der Waals surface area contributed by atoms with E-state index in [4.69, 9.17) is 0 Å². The van der Waals surface area contributed by atoms with Gasteiger partial charge in [0.25, 0.3) is 0 Å². The maximum absolute atomic E-state index is 9.67. The van der Waals surface area contributed by atoms with Gasteiger partial charge in [-0.2, -0.15) is 5.26 Å². The van der Waals surface area contributed by atoms with Gasteiger partial charge in [-0.15, -0.1) is 0 Å². The van der Waals surface area contributed by atoms with Crippen LogP contribution in [-0.4, -0.2) is 65.9 Å². The number of aliphatic hydroxyl groups excluding tert-OH is 1. The number of aromatic nitrogens is 3. The van der Waals surface area contributed by atoms with E-state index in [1.807, 2.05) is 24.3 Å². The summed E-state index contributed by atoms with van der Waals surface area (Å²) in [6, 6.07) is 12.4. The number of para-hydroxylation sites is 1. The topological polar surface area (TPSA) is 92.4 Å². The summed E-state index contributed by atoms with van der Waals surface area (Å²) in [5, 5.41) is 20.2. The summed E-state index contributed by atoms with van der Waals surface area (Å²) in [7, 11) is 0. The summed E-state index contributed by atoms with van der Waals surface area (Å²) in [5.74, 6) is 2.18. The number of anilines is 3. The van der Waals surface area contributed by atoms with Crippen molar-refractivity contribution in [2.24, 2.45) is 5.92 Å². The second-order valence-electron chi connectivity index (χ2n) is 8.49. The van der Waals surface area contributed by atoms with Gasteiger partial charge in [-0.3, -0.25) is 4.98 Å². The summed E-state index contributed by atoms with van der Waals surface area (Å²) in [4.78, 5) is 20.3. The molecule has 2 aromatic heterocycles. The van der Waals surface area contributed by atoms with E-state index < -0.39 is 0 Å². The minimum absolute atomic E-state index is 0.227. The maximum atomic E-state index is 9.67. The van der Waals surface area contributed by atoms with E-state index >= 15 is 0 Å². The van der Waals surface area contributed by atoms with Gasteiger partial charge in [-0.1, -0.05) is 18.2 Å². The van der Waals surface area contributed by atoms with Crippen LogP contribution in [0.3, 0.4) is 0 Å². The molecule has 164 valence electrons. The predicted molar refractivity (Wildman–Crippen MR) is 125 cm³/mol. The smallest absolute Gasteiger partial charge is 0.134 e. The first-order valence-corrected chi connectivity index (χ1v) is 11.2. The van der Waals surface area contributed by atoms with Crippen LogP contribution in [0.25, 0.3) is 10.9 Å². The maximum Gasteiger partial charge on any atom is 0.134 e. The van der Waals surface area contributed by atoms with Crippen LogP contribution in [-0.2, 0) is 0 Å². The quantitative estimate of drug-likeness (QED) is 0.676. The highest BCUT2D eigenvalue weighted by Gasteiger charge is 2.24. The number of hydrogen-bond donors (Lipinski definition) is 1. The van der Waals surface area contributed by atoms with Gasteiger partial charge in [-0.05, 0) is 24.8 Å². The van der Waals surface area contributed by atoms with Crippen molar-refractivity contribution in [2.45, 2.75) is 12.8 Å².